The predicted octanol–water partition coefficient (Wildman–Crippen LogP) is 3.65. The molecule has 0 spiro atoms. The molecule has 1 amide bonds. The Balaban J connectivity index is 1.42. The second-order valence-electron chi connectivity index (χ2n) is 7.70. The van der Waals surface area contributed by atoms with Crippen molar-refractivity contribution in [2.24, 2.45) is 0 Å². The first-order valence-corrected chi connectivity index (χ1v) is 10.5. The largest absolute Gasteiger partial charge is 0.497 e. The molecule has 0 saturated carbocycles. The van der Waals surface area contributed by atoms with Crippen LogP contribution in [0.2, 0.25) is 0 Å². The Labute approximate surface area is 174 Å². The second-order valence-corrected chi connectivity index (χ2v) is 8.64. The molecule has 2 heterocycles. The first-order chi connectivity index (χ1) is 14.0. The monoisotopic (exact) mass is 408 g/mol. The number of nitrogens with zero attached hydrogens (tertiary/aromatic N) is 3. The van der Waals surface area contributed by atoms with Gasteiger partial charge in [-0.15, -0.1) is 10.2 Å². The highest BCUT2D eigenvalue weighted by atomic mass is 32.2. The Morgan fingerprint density at radius 1 is 1.17 bits per heavy atom. The van der Waals surface area contributed by atoms with Crippen LogP contribution in [0, 0.1) is 0 Å². The van der Waals surface area contributed by atoms with E-state index in [-0.39, 0.29) is 11.4 Å². The van der Waals surface area contributed by atoms with Gasteiger partial charge in [0.1, 0.15) is 5.75 Å². The van der Waals surface area contributed by atoms with Crippen LogP contribution in [0.25, 0.3) is 11.4 Å². The van der Waals surface area contributed by atoms with Crippen molar-refractivity contribution in [3.8, 4) is 17.1 Å². The van der Waals surface area contributed by atoms with E-state index in [1.807, 2.05) is 30.3 Å². The maximum absolute atomic E-state index is 12.3. The number of aromatic nitrogens is 3. The highest BCUT2D eigenvalue weighted by molar-refractivity contribution is 7.99. The van der Waals surface area contributed by atoms with Gasteiger partial charge >= 0.3 is 0 Å². The van der Waals surface area contributed by atoms with Crippen molar-refractivity contribution < 1.29 is 9.53 Å². The molecule has 4 rings (SSSR count). The quantitative estimate of drug-likeness (QED) is 0.631. The molecule has 0 radical (unpaired) electrons. The maximum atomic E-state index is 12.3. The number of methoxy groups -OCH3 is 1. The number of fused-ring (bicyclic) bond motifs is 3. The number of rotatable bonds is 6. The molecular weight excluding hydrogens is 384 g/mol. The number of hydrogen-bond acceptors (Lipinski definition) is 5. The molecule has 150 valence electrons. The Morgan fingerprint density at radius 3 is 2.69 bits per heavy atom. The van der Waals surface area contributed by atoms with Gasteiger partial charge in [0.15, 0.2) is 11.0 Å². The van der Waals surface area contributed by atoms with Crippen molar-refractivity contribution in [1.82, 2.24) is 20.1 Å². The number of amides is 1. The lowest BCUT2D eigenvalue weighted by atomic mass is 9.87. The standard InChI is InChI=1S/C22H24N4O2S/c1-22(2)12-16-6-4-5-7-18(16)20-24-25-21(26(20)22)29-14-19(27)23-13-15-8-10-17(28-3)11-9-15/h4-11H,12-14H2,1-3H3,(H,23,27). The molecule has 1 N–H and O–H groups in total. The Morgan fingerprint density at radius 2 is 1.93 bits per heavy atom. The van der Waals surface area contributed by atoms with Crippen molar-refractivity contribution in [3.05, 3.63) is 59.7 Å². The van der Waals surface area contributed by atoms with Crippen LogP contribution < -0.4 is 10.1 Å². The Hall–Kier alpha value is -2.80. The fraction of sp³-hybridized carbons (Fsp3) is 0.318. The van der Waals surface area contributed by atoms with E-state index in [1.165, 1.54) is 17.3 Å². The van der Waals surface area contributed by atoms with Crippen LogP contribution in [-0.2, 0) is 23.3 Å². The fourth-order valence-electron chi connectivity index (χ4n) is 3.65. The summed E-state index contributed by atoms with van der Waals surface area (Å²) in [6.45, 7) is 4.85. The summed E-state index contributed by atoms with van der Waals surface area (Å²) in [5, 5.41) is 12.5. The summed E-state index contributed by atoms with van der Waals surface area (Å²) in [4.78, 5) is 12.3. The van der Waals surface area contributed by atoms with E-state index < -0.39 is 0 Å². The van der Waals surface area contributed by atoms with E-state index >= 15 is 0 Å². The van der Waals surface area contributed by atoms with Gasteiger partial charge in [-0.1, -0.05) is 48.2 Å². The number of carbonyl (C=O) groups is 1. The van der Waals surface area contributed by atoms with Crippen LogP contribution in [0.4, 0.5) is 0 Å². The molecule has 1 aromatic heterocycles. The van der Waals surface area contributed by atoms with Crippen LogP contribution >= 0.6 is 11.8 Å². The molecular formula is C22H24N4O2S. The third-order valence-electron chi connectivity index (χ3n) is 5.10. The lowest BCUT2D eigenvalue weighted by Gasteiger charge is -2.34. The third kappa shape index (κ3) is 4.00. The molecule has 0 aliphatic carbocycles. The van der Waals surface area contributed by atoms with Gasteiger partial charge in [-0.05, 0) is 43.5 Å². The van der Waals surface area contributed by atoms with Gasteiger partial charge in [0.2, 0.25) is 5.91 Å². The summed E-state index contributed by atoms with van der Waals surface area (Å²) in [5.74, 6) is 1.94. The fourth-order valence-corrected chi connectivity index (χ4v) is 4.57. The van der Waals surface area contributed by atoms with Gasteiger partial charge in [0.05, 0.1) is 12.9 Å². The van der Waals surface area contributed by atoms with Crippen molar-refractivity contribution in [3.63, 3.8) is 0 Å². The summed E-state index contributed by atoms with van der Waals surface area (Å²) in [6.07, 6.45) is 0.908. The summed E-state index contributed by atoms with van der Waals surface area (Å²) in [5.41, 5.74) is 3.29. The van der Waals surface area contributed by atoms with Gasteiger partial charge in [-0.25, -0.2) is 0 Å². The second kappa shape index (κ2) is 7.91. The average molecular weight is 409 g/mol. The van der Waals surface area contributed by atoms with Crippen LogP contribution in [0.3, 0.4) is 0 Å². The molecule has 0 bridgehead atoms. The summed E-state index contributed by atoms with van der Waals surface area (Å²) < 4.78 is 7.32. The van der Waals surface area contributed by atoms with Gasteiger partial charge in [0, 0.05) is 17.6 Å². The minimum absolute atomic E-state index is 0.0304. The molecule has 1 aliphatic rings. The van der Waals surface area contributed by atoms with Gasteiger partial charge in [0.25, 0.3) is 0 Å². The minimum atomic E-state index is -0.144. The third-order valence-corrected chi connectivity index (χ3v) is 6.03. The zero-order chi connectivity index (χ0) is 20.4. The zero-order valence-electron chi connectivity index (χ0n) is 16.8. The number of carbonyl (C=O) groups excluding carboxylic acids is 1. The van der Waals surface area contributed by atoms with E-state index in [0.717, 1.165) is 34.3 Å². The molecule has 0 saturated heterocycles. The summed E-state index contributed by atoms with van der Waals surface area (Å²) in [6, 6.07) is 16.0. The van der Waals surface area contributed by atoms with Crippen LogP contribution in [-0.4, -0.2) is 33.5 Å². The van der Waals surface area contributed by atoms with Gasteiger partial charge in [-0.3, -0.25) is 9.36 Å². The first kappa shape index (κ1) is 19.5. The maximum Gasteiger partial charge on any atom is 0.230 e. The smallest absolute Gasteiger partial charge is 0.230 e. The average Bonchev–Trinajstić information content (AvgIpc) is 3.16. The molecule has 6 nitrogen and oxygen atoms in total. The van der Waals surface area contributed by atoms with Crippen LogP contribution in [0.15, 0.2) is 53.7 Å². The van der Waals surface area contributed by atoms with Gasteiger partial charge < -0.3 is 10.1 Å². The van der Waals surface area contributed by atoms with E-state index in [4.69, 9.17) is 4.74 Å². The molecule has 0 unspecified atom stereocenters. The summed E-state index contributed by atoms with van der Waals surface area (Å²) in [7, 11) is 1.64. The molecule has 0 fully saturated rings. The van der Waals surface area contributed by atoms with Crippen molar-refractivity contribution in [1.29, 1.82) is 0 Å². The van der Waals surface area contributed by atoms with Crippen molar-refractivity contribution in [2.75, 3.05) is 12.9 Å². The lowest BCUT2D eigenvalue weighted by molar-refractivity contribution is -0.118. The Bertz CT molecular complexity index is 1030. The molecule has 2 aromatic carbocycles. The summed E-state index contributed by atoms with van der Waals surface area (Å²) >= 11 is 1.43. The zero-order valence-corrected chi connectivity index (χ0v) is 17.6. The van der Waals surface area contributed by atoms with E-state index in [2.05, 4.69) is 52.1 Å². The Kier molecular flexibility index (Phi) is 5.32. The van der Waals surface area contributed by atoms with Gasteiger partial charge in [-0.2, -0.15) is 0 Å². The lowest BCUT2D eigenvalue weighted by Crippen LogP contribution is -2.34. The highest BCUT2D eigenvalue weighted by Crippen LogP contribution is 2.39. The number of benzene rings is 2. The van der Waals surface area contributed by atoms with E-state index in [0.29, 0.717) is 12.3 Å². The first-order valence-electron chi connectivity index (χ1n) is 9.54. The van der Waals surface area contributed by atoms with Crippen LogP contribution in [0.5, 0.6) is 5.75 Å². The van der Waals surface area contributed by atoms with Crippen molar-refractivity contribution in [2.45, 2.75) is 37.5 Å². The molecule has 3 aromatic rings. The number of hydrogen-bond donors (Lipinski definition) is 1. The number of ether oxygens (including phenoxy) is 1. The SMILES string of the molecule is COc1ccc(CNC(=O)CSc2nnc3n2C(C)(C)Cc2ccccc2-3)cc1. The molecule has 7 heteroatoms. The van der Waals surface area contributed by atoms with E-state index in [9.17, 15) is 4.79 Å². The molecule has 0 atom stereocenters. The highest BCUT2D eigenvalue weighted by Gasteiger charge is 2.34. The predicted molar refractivity (Wildman–Crippen MR) is 114 cm³/mol. The van der Waals surface area contributed by atoms with Crippen molar-refractivity contribution >= 4 is 17.7 Å². The van der Waals surface area contributed by atoms with Crippen LogP contribution in [0.1, 0.15) is 25.0 Å². The topological polar surface area (TPSA) is 69.0 Å². The minimum Gasteiger partial charge on any atom is -0.497 e. The van der Waals surface area contributed by atoms with E-state index in [1.54, 1.807) is 7.11 Å². The normalized spacial score (nSPS) is 14.0. The molecule has 29 heavy (non-hydrogen) atoms. The number of thioether (sulfide) groups is 1. The molecule has 1 aliphatic heterocycles. The number of nitrogens with one attached hydrogen (secondary N) is 1.